The summed E-state index contributed by atoms with van der Waals surface area (Å²) in [5, 5.41) is 0. The molecule has 1 aromatic heterocycles. The van der Waals surface area contributed by atoms with Gasteiger partial charge in [0.15, 0.2) is 0 Å². The minimum Gasteiger partial charge on any atom is -0.340 e. The van der Waals surface area contributed by atoms with Gasteiger partial charge in [0.2, 0.25) is 0 Å². The highest BCUT2D eigenvalue weighted by Gasteiger charge is 2.22. The van der Waals surface area contributed by atoms with Crippen LogP contribution in [-0.2, 0) is 13.0 Å². The molecule has 0 spiro atoms. The number of fused-ring (bicyclic) bond motifs is 1. The van der Waals surface area contributed by atoms with Gasteiger partial charge in [0.1, 0.15) is 5.82 Å². The topological polar surface area (TPSA) is 42.1 Å². The molecule has 0 radical (unpaired) electrons. The second-order valence-corrected chi connectivity index (χ2v) is 4.38. The van der Waals surface area contributed by atoms with Crippen molar-refractivity contribution in [2.75, 3.05) is 11.4 Å². The lowest BCUT2D eigenvalue weighted by atomic mass is 10.1. The van der Waals surface area contributed by atoms with E-state index in [9.17, 15) is 4.39 Å². The second-order valence-electron chi connectivity index (χ2n) is 4.38. The van der Waals surface area contributed by atoms with Crippen molar-refractivity contribution in [1.29, 1.82) is 0 Å². The fourth-order valence-electron chi connectivity index (χ4n) is 2.44. The van der Waals surface area contributed by atoms with E-state index in [1.807, 2.05) is 12.1 Å². The zero-order valence-electron chi connectivity index (χ0n) is 9.94. The third-order valence-corrected chi connectivity index (χ3v) is 3.33. The lowest BCUT2D eigenvalue weighted by molar-refractivity contribution is 0.628. The lowest BCUT2D eigenvalue weighted by Crippen LogP contribution is -2.16. The Morgan fingerprint density at radius 3 is 3.00 bits per heavy atom. The van der Waals surface area contributed by atoms with E-state index in [0.717, 1.165) is 29.9 Å². The van der Waals surface area contributed by atoms with E-state index in [0.29, 0.717) is 6.54 Å². The van der Waals surface area contributed by atoms with Crippen molar-refractivity contribution in [3.05, 3.63) is 53.6 Å². The molecule has 0 aliphatic carbocycles. The van der Waals surface area contributed by atoms with Crippen molar-refractivity contribution in [2.24, 2.45) is 5.73 Å². The maximum atomic E-state index is 13.4. The molecule has 3 rings (SSSR count). The molecule has 0 amide bonds. The number of anilines is 2. The Kier molecular flexibility index (Phi) is 2.72. The number of nitrogens with zero attached hydrogens (tertiary/aromatic N) is 2. The van der Waals surface area contributed by atoms with Crippen molar-refractivity contribution >= 4 is 11.4 Å². The fourth-order valence-corrected chi connectivity index (χ4v) is 2.44. The second kappa shape index (κ2) is 4.38. The van der Waals surface area contributed by atoms with Crippen LogP contribution in [0.4, 0.5) is 15.8 Å². The quantitative estimate of drug-likeness (QED) is 0.880. The maximum Gasteiger partial charge on any atom is 0.125 e. The Morgan fingerprint density at radius 2 is 2.17 bits per heavy atom. The summed E-state index contributed by atoms with van der Waals surface area (Å²) in [5.74, 6) is -0.205. The summed E-state index contributed by atoms with van der Waals surface area (Å²) >= 11 is 0. The average Bonchev–Trinajstić information content (AvgIpc) is 2.81. The number of rotatable bonds is 2. The van der Waals surface area contributed by atoms with Crippen LogP contribution >= 0.6 is 0 Å². The minimum atomic E-state index is -0.205. The van der Waals surface area contributed by atoms with Gasteiger partial charge in [-0.15, -0.1) is 0 Å². The molecule has 2 N–H and O–H groups in total. The molecule has 1 aliphatic heterocycles. The van der Waals surface area contributed by atoms with Crippen molar-refractivity contribution in [2.45, 2.75) is 13.0 Å². The first kappa shape index (κ1) is 11.2. The molecule has 0 atom stereocenters. The Labute approximate surface area is 105 Å². The first-order chi connectivity index (χ1) is 8.79. The molecule has 18 heavy (non-hydrogen) atoms. The van der Waals surface area contributed by atoms with Gasteiger partial charge in [-0.25, -0.2) is 4.39 Å². The Hall–Kier alpha value is -1.94. The maximum absolute atomic E-state index is 13.4. The van der Waals surface area contributed by atoms with Gasteiger partial charge < -0.3 is 10.6 Å². The van der Waals surface area contributed by atoms with Gasteiger partial charge in [-0.2, -0.15) is 0 Å². The molecule has 2 aromatic rings. The van der Waals surface area contributed by atoms with Crippen LogP contribution in [0.1, 0.15) is 11.1 Å². The molecule has 0 saturated heterocycles. The fraction of sp³-hybridized carbons (Fsp3) is 0.214. The van der Waals surface area contributed by atoms with Crippen molar-refractivity contribution in [3.63, 3.8) is 0 Å². The number of hydrogen-bond acceptors (Lipinski definition) is 3. The van der Waals surface area contributed by atoms with Gasteiger partial charge in [-0.05, 0) is 30.2 Å². The Bertz CT molecular complexity index is 583. The summed E-state index contributed by atoms with van der Waals surface area (Å²) < 4.78 is 13.4. The Balaban J connectivity index is 2.08. The molecule has 0 bridgehead atoms. The van der Waals surface area contributed by atoms with Crippen LogP contribution in [0.3, 0.4) is 0 Å². The van der Waals surface area contributed by atoms with E-state index in [-0.39, 0.29) is 5.82 Å². The van der Waals surface area contributed by atoms with Crippen LogP contribution in [-0.4, -0.2) is 11.5 Å². The highest BCUT2D eigenvalue weighted by atomic mass is 19.1. The number of hydrogen-bond donors (Lipinski definition) is 1. The lowest BCUT2D eigenvalue weighted by Gasteiger charge is -2.22. The van der Waals surface area contributed by atoms with E-state index >= 15 is 0 Å². The van der Waals surface area contributed by atoms with Gasteiger partial charge in [0.25, 0.3) is 0 Å². The summed E-state index contributed by atoms with van der Waals surface area (Å²) in [6, 6.07) is 6.89. The summed E-state index contributed by atoms with van der Waals surface area (Å²) in [7, 11) is 0. The molecule has 2 heterocycles. The van der Waals surface area contributed by atoms with Gasteiger partial charge in [-0.1, -0.05) is 6.07 Å². The van der Waals surface area contributed by atoms with Crippen LogP contribution in [0.2, 0.25) is 0 Å². The number of aromatic nitrogens is 1. The van der Waals surface area contributed by atoms with Gasteiger partial charge in [0, 0.05) is 42.4 Å². The summed E-state index contributed by atoms with van der Waals surface area (Å²) in [4.78, 5) is 6.19. The summed E-state index contributed by atoms with van der Waals surface area (Å²) in [6.07, 6.45) is 4.44. The number of benzene rings is 1. The molecule has 0 unspecified atom stereocenters. The minimum absolute atomic E-state index is 0.205. The van der Waals surface area contributed by atoms with E-state index in [2.05, 4.69) is 9.88 Å². The number of halogens is 1. The Morgan fingerprint density at radius 1 is 1.28 bits per heavy atom. The van der Waals surface area contributed by atoms with Gasteiger partial charge in [-0.3, -0.25) is 4.98 Å². The zero-order valence-corrected chi connectivity index (χ0v) is 9.94. The van der Waals surface area contributed by atoms with Crippen LogP contribution in [0.25, 0.3) is 0 Å². The monoisotopic (exact) mass is 243 g/mol. The third-order valence-electron chi connectivity index (χ3n) is 3.33. The highest BCUT2D eigenvalue weighted by molar-refractivity contribution is 5.71. The molecule has 92 valence electrons. The van der Waals surface area contributed by atoms with Crippen LogP contribution < -0.4 is 10.6 Å². The van der Waals surface area contributed by atoms with E-state index in [4.69, 9.17) is 5.73 Å². The molecular weight excluding hydrogens is 229 g/mol. The van der Waals surface area contributed by atoms with Gasteiger partial charge in [0.05, 0.1) is 0 Å². The van der Waals surface area contributed by atoms with Crippen LogP contribution in [0.15, 0.2) is 36.7 Å². The molecule has 3 nitrogen and oxygen atoms in total. The first-order valence-electron chi connectivity index (χ1n) is 5.98. The first-order valence-corrected chi connectivity index (χ1v) is 5.98. The third kappa shape index (κ3) is 1.75. The number of nitrogens with two attached hydrogens (primary N) is 1. The standard InChI is InChI=1S/C14H14FN3/c15-12-2-1-10-4-6-18(14(10)7-12)13-3-5-17-9-11(13)8-16/h1-3,5,7,9H,4,6,8,16H2. The van der Waals surface area contributed by atoms with Crippen molar-refractivity contribution in [3.8, 4) is 0 Å². The summed E-state index contributed by atoms with van der Waals surface area (Å²) in [5.41, 5.74) is 9.85. The SMILES string of the molecule is NCc1cnccc1N1CCc2ccc(F)cc21. The van der Waals surface area contributed by atoms with Crippen LogP contribution in [0, 0.1) is 5.82 Å². The van der Waals surface area contributed by atoms with E-state index < -0.39 is 0 Å². The molecule has 4 heteroatoms. The predicted molar refractivity (Wildman–Crippen MR) is 69.2 cm³/mol. The highest BCUT2D eigenvalue weighted by Crippen LogP contribution is 2.36. The average molecular weight is 243 g/mol. The van der Waals surface area contributed by atoms with E-state index in [1.54, 1.807) is 18.5 Å². The molecule has 1 aromatic carbocycles. The van der Waals surface area contributed by atoms with Crippen molar-refractivity contribution in [1.82, 2.24) is 4.98 Å². The zero-order chi connectivity index (χ0) is 12.5. The van der Waals surface area contributed by atoms with Crippen molar-refractivity contribution < 1.29 is 4.39 Å². The normalized spacial score (nSPS) is 13.8. The molecule has 1 aliphatic rings. The smallest absolute Gasteiger partial charge is 0.125 e. The van der Waals surface area contributed by atoms with Crippen LogP contribution in [0.5, 0.6) is 0 Å². The molecular formula is C14H14FN3. The molecule has 0 fully saturated rings. The van der Waals surface area contributed by atoms with E-state index in [1.165, 1.54) is 11.6 Å². The largest absolute Gasteiger partial charge is 0.340 e. The molecule has 0 saturated carbocycles. The predicted octanol–water partition coefficient (Wildman–Crippen LogP) is 2.37. The number of pyridine rings is 1. The summed E-state index contributed by atoms with van der Waals surface area (Å²) in [6.45, 7) is 1.29. The van der Waals surface area contributed by atoms with Gasteiger partial charge >= 0.3 is 0 Å².